The molecule has 0 bridgehead atoms. The number of sulfonamides is 1. The first kappa shape index (κ1) is 23.3. The highest BCUT2D eigenvalue weighted by Gasteiger charge is 2.23. The van der Waals surface area contributed by atoms with E-state index in [0.717, 1.165) is 25.6 Å². The van der Waals surface area contributed by atoms with Gasteiger partial charge in [0.05, 0.1) is 15.1 Å². The molecule has 0 saturated carbocycles. The number of rotatable bonds is 7. The van der Waals surface area contributed by atoms with E-state index in [4.69, 9.17) is 4.98 Å². The predicted octanol–water partition coefficient (Wildman–Crippen LogP) is 3.37. The number of likely N-dealkylation sites (N-methyl/N-ethyl adjacent to an activating group) is 1. The Balaban J connectivity index is 1.99. The Morgan fingerprint density at radius 2 is 1.61 bits per heavy atom. The maximum Gasteiger partial charge on any atom is 0.260 e. The van der Waals surface area contributed by atoms with Gasteiger partial charge in [0.2, 0.25) is 10.0 Å². The molecule has 9 heteroatoms. The van der Waals surface area contributed by atoms with Crippen molar-refractivity contribution in [3.63, 3.8) is 0 Å². The summed E-state index contributed by atoms with van der Waals surface area (Å²) in [6.45, 7) is 5.23. The van der Waals surface area contributed by atoms with Gasteiger partial charge in [-0.1, -0.05) is 17.4 Å². The van der Waals surface area contributed by atoms with Crippen LogP contribution in [0.2, 0.25) is 0 Å². The maximum absolute atomic E-state index is 13.4. The molecule has 0 spiro atoms. The van der Waals surface area contributed by atoms with Crippen molar-refractivity contribution in [1.82, 2.24) is 14.2 Å². The number of hydrogen-bond donors (Lipinski definition) is 0. The molecule has 0 fully saturated rings. The summed E-state index contributed by atoms with van der Waals surface area (Å²) in [7, 11) is 3.32. The van der Waals surface area contributed by atoms with Gasteiger partial charge in [-0.25, -0.2) is 17.7 Å². The molecule has 3 aromatic rings. The highest BCUT2D eigenvalue weighted by Crippen LogP contribution is 2.32. The van der Waals surface area contributed by atoms with Crippen LogP contribution >= 0.6 is 11.3 Å². The molecule has 0 unspecified atom stereocenters. The fourth-order valence-electron chi connectivity index (χ4n) is 3.05. The van der Waals surface area contributed by atoms with E-state index in [1.165, 1.54) is 37.6 Å². The maximum atomic E-state index is 13.4. The van der Waals surface area contributed by atoms with Crippen LogP contribution in [0.4, 0.5) is 5.13 Å². The lowest BCUT2D eigenvalue weighted by atomic mass is 10.1. The fourth-order valence-corrected chi connectivity index (χ4v) is 5.00. The van der Waals surface area contributed by atoms with Gasteiger partial charge in [0.25, 0.3) is 5.91 Å². The van der Waals surface area contributed by atoms with E-state index in [0.29, 0.717) is 23.8 Å². The average molecular weight is 461 g/mol. The molecule has 166 valence electrons. The Hall–Kier alpha value is -2.33. The van der Waals surface area contributed by atoms with Gasteiger partial charge in [-0.05, 0) is 69.4 Å². The fraction of sp³-hybridized carbons (Fsp3) is 0.364. The van der Waals surface area contributed by atoms with Crippen LogP contribution < -0.4 is 4.90 Å². The largest absolute Gasteiger partial charge is 0.308 e. The van der Waals surface area contributed by atoms with Crippen LogP contribution in [0.15, 0.2) is 41.3 Å². The average Bonchev–Trinajstić information content (AvgIpc) is 3.15. The van der Waals surface area contributed by atoms with E-state index < -0.39 is 10.0 Å². The summed E-state index contributed by atoms with van der Waals surface area (Å²) in [5.41, 5.74) is 3.60. The lowest BCUT2D eigenvalue weighted by molar-refractivity contribution is 0.0985. The topological polar surface area (TPSA) is 73.8 Å². The molecule has 1 aromatic heterocycles. The number of benzene rings is 2. The van der Waals surface area contributed by atoms with Crippen molar-refractivity contribution in [1.29, 1.82) is 0 Å². The quantitative estimate of drug-likeness (QED) is 0.540. The van der Waals surface area contributed by atoms with Gasteiger partial charge in [-0.15, -0.1) is 0 Å². The normalized spacial score (nSPS) is 12.1. The lowest BCUT2D eigenvalue weighted by Crippen LogP contribution is -2.36. The summed E-state index contributed by atoms with van der Waals surface area (Å²) >= 11 is 1.49. The summed E-state index contributed by atoms with van der Waals surface area (Å²) in [4.78, 5) is 22.0. The first-order valence-corrected chi connectivity index (χ1v) is 12.1. The van der Waals surface area contributed by atoms with Crippen molar-refractivity contribution in [2.75, 3.05) is 46.2 Å². The van der Waals surface area contributed by atoms with Crippen molar-refractivity contribution in [2.24, 2.45) is 0 Å². The molecule has 0 N–H and O–H groups in total. The van der Waals surface area contributed by atoms with E-state index in [1.807, 2.05) is 38.9 Å². The standard InChI is InChI=1S/C22H28N4O3S2/c1-15-7-12-19-20(16(15)2)23-22(30-19)26(14-13-24(3)4)21(27)17-8-10-18(11-9-17)31(28,29)25(5)6/h7-12H,13-14H2,1-6H3. The number of carbonyl (C=O) groups is 1. The van der Waals surface area contributed by atoms with E-state index in [1.54, 1.807) is 17.0 Å². The molecular weight excluding hydrogens is 432 g/mol. The van der Waals surface area contributed by atoms with Crippen molar-refractivity contribution >= 4 is 42.6 Å². The minimum Gasteiger partial charge on any atom is -0.308 e. The van der Waals surface area contributed by atoms with Gasteiger partial charge < -0.3 is 4.90 Å². The second kappa shape index (κ2) is 9.04. The smallest absolute Gasteiger partial charge is 0.260 e. The van der Waals surface area contributed by atoms with Gasteiger partial charge in [-0.2, -0.15) is 0 Å². The van der Waals surface area contributed by atoms with Crippen molar-refractivity contribution in [3.05, 3.63) is 53.1 Å². The first-order valence-electron chi connectivity index (χ1n) is 9.88. The second-order valence-electron chi connectivity index (χ2n) is 7.92. The van der Waals surface area contributed by atoms with Crippen molar-refractivity contribution in [3.8, 4) is 0 Å². The van der Waals surface area contributed by atoms with Crippen LogP contribution in [0.5, 0.6) is 0 Å². The molecule has 1 amide bonds. The molecule has 2 aromatic carbocycles. The van der Waals surface area contributed by atoms with Gasteiger partial charge in [0.15, 0.2) is 5.13 Å². The Kier molecular flexibility index (Phi) is 6.80. The van der Waals surface area contributed by atoms with Gasteiger partial charge >= 0.3 is 0 Å². The molecule has 1 heterocycles. The molecule has 0 aliphatic rings. The summed E-state index contributed by atoms with van der Waals surface area (Å²) < 4.78 is 26.8. The van der Waals surface area contributed by atoms with E-state index in [-0.39, 0.29) is 10.8 Å². The van der Waals surface area contributed by atoms with Crippen LogP contribution in [0, 0.1) is 13.8 Å². The highest BCUT2D eigenvalue weighted by molar-refractivity contribution is 7.89. The van der Waals surface area contributed by atoms with E-state index >= 15 is 0 Å². The minimum atomic E-state index is -3.55. The number of carbonyl (C=O) groups excluding carboxylic acids is 1. The minimum absolute atomic E-state index is 0.153. The molecule has 0 aliphatic heterocycles. The number of anilines is 1. The summed E-state index contributed by atoms with van der Waals surface area (Å²) in [6.07, 6.45) is 0. The van der Waals surface area contributed by atoms with Gasteiger partial charge in [-0.3, -0.25) is 9.69 Å². The zero-order chi connectivity index (χ0) is 22.9. The molecule has 3 rings (SSSR count). The van der Waals surface area contributed by atoms with Crippen LogP contribution in [0.3, 0.4) is 0 Å². The number of aromatic nitrogens is 1. The number of nitrogens with zero attached hydrogens (tertiary/aromatic N) is 4. The Morgan fingerprint density at radius 3 is 2.19 bits per heavy atom. The van der Waals surface area contributed by atoms with Gasteiger partial charge in [0, 0.05) is 32.7 Å². The van der Waals surface area contributed by atoms with Crippen LogP contribution in [0.1, 0.15) is 21.5 Å². The zero-order valence-electron chi connectivity index (χ0n) is 18.7. The van der Waals surface area contributed by atoms with Crippen LogP contribution in [-0.4, -0.2) is 69.8 Å². The summed E-state index contributed by atoms with van der Waals surface area (Å²) in [5.74, 6) is -0.205. The number of aryl methyl sites for hydroxylation is 2. The van der Waals surface area contributed by atoms with Crippen LogP contribution in [0.25, 0.3) is 10.2 Å². The second-order valence-corrected chi connectivity index (χ2v) is 11.1. The number of hydrogen-bond acceptors (Lipinski definition) is 6. The molecule has 0 saturated heterocycles. The SMILES string of the molecule is Cc1ccc2sc(N(CCN(C)C)C(=O)c3ccc(S(=O)(=O)N(C)C)cc3)nc2c1C. The summed E-state index contributed by atoms with van der Waals surface area (Å²) in [5, 5.41) is 0.639. The molecule has 31 heavy (non-hydrogen) atoms. The summed E-state index contributed by atoms with van der Waals surface area (Å²) in [6, 6.07) is 10.2. The van der Waals surface area contributed by atoms with Crippen LogP contribution in [-0.2, 0) is 10.0 Å². The molecular formula is C22H28N4O3S2. The van der Waals surface area contributed by atoms with E-state index in [2.05, 4.69) is 6.07 Å². The van der Waals surface area contributed by atoms with Gasteiger partial charge in [0.1, 0.15) is 0 Å². The molecule has 0 atom stereocenters. The monoisotopic (exact) mass is 460 g/mol. The Morgan fingerprint density at radius 1 is 0.968 bits per heavy atom. The van der Waals surface area contributed by atoms with Crippen molar-refractivity contribution in [2.45, 2.75) is 18.7 Å². The Bertz CT molecular complexity index is 1200. The Labute approximate surface area is 188 Å². The highest BCUT2D eigenvalue weighted by atomic mass is 32.2. The zero-order valence-corrected chi connectivity index (χ0v) is 20.3. The molecule has 0 aliphatic carbocycles. The lowest BCUT2D eigenvalue weighted by Gasteiger charge is -2.22. The third kappa shape index (κ3) is 4.79. The first-order chi connectivity index (χ1) is 14.5. The number of amides is 1. The molecule has 0 radical (unpaired) electrons. The third-order valence-corrected chi connectivity index (χ3v) is 8.07. The number of fused-ring (bicyclic) bond motifs is 1. The molecule has 7 nitrogen and oxygen atoms in total. The van der Waals surface area contributed by atoms with E-state index in [9.17, 15) is 13.2 Å². The third-order valence-electron chi connectivity index (χ3n) is 5.20. The number of thiazole rings is 1. The van der Waals surface area contributed by atoms with Crippen molar-refractivity contribution < 1.29 is 13.2 Å². The predicted molar refractivity (Wildman–Crippen MR) is 127 cm³/mol.